The van der Waals surface area contributed by atoms with Gasteiger partial charge in [-0.1, -0.05) is 0 Å². The van der Waals surface area contributed by atoms with Crippen molar-refractivity contribution in [1.82, 2.24) is 0 Å². The van der Waals surface area contributed by atoms with Crippen LogP contribution in [0.25, 0.3) is 0 Å². The van der Waals surface area contributed by atoms with Crippen LogP contribution in [0.5, 0.6) is 0 Å². The summed E-state index contributed by atoms with van der Waals surface area (Å²) in [6.45, 7) is -3.04. The Morgan fingerprint density at radius 1 is 0.379 bits per heavy atom. The molecule has 0 aromatic heterocycles. The minimum absolute atomic E-state index is 0. The molecule has 0 saturated heterocycles. The summed E-state index contributed by atoms with van der Waals surface area (Å²) in [5, 5.41) is 174. The molecular weight excluding hydrogens is 1030 g/mol. The number of hydrogen-bond donors (Lipinski definition) is 22. The molecule has 16 atom stereocenters. The molecule has 0 fully saturated rings. The predicted molar refractivity (Wildman–Crippen MR) is 179 cm³/mol. The van der Waals surface area contributed by atoms with Gasteiger partial charge in [0.2, 0.25) is 0 Å². The van der Waals surface area contributed by atoms with Gasteiger partial charge in [0.05, 0.1) is 42.1 Å². The molecule has 0 bridgehead atoms. The van der Waals surface area contributed by atoms with Crippen molar-refractivity contribution in [3.8, 4) is 0 Å². The Morgan fingerprint density at radius 2 is 0.500 bits per heavy atom. The molecule has 0 aliphatic carbocycles. The van der Waals surface area contributed by atoms with E-state index >= 15 is 0 Å². The van der Waals surface area contributed by atoms with Crippen LogP contribution in [0.15, 0.2) is 0 Å². The molecule has 0 aromatic rings. The molecule has 0 aliphatic heterocycles. The molecule has 376 valence electrons. The Balaban J connectivity index is -0.0000000715. The van der Waals surface area contributed by atoms with E-state index in [-0.39, 0.29) is 143 Å². The third kappa shape index (κ3) is 53.8. The minimum Gasteiger partial charge on any atom is -0.790 e. The Morgan fingerprint density at radius 3 is 0.561 bits per heavy atom. The van der Waals surface area contributed by atoms with E-state index in [1.807, 2.05) is 0 Å². The standard InChI is InChI=1S/4C6H12O6.4Na.H4O7P2.H2O4S/c4*7-1-3(9)5(11)6(12)4(10)2-8;;;;;1-8(2,3)7-9(4,5)6;1-5(2,3)4/h4*1,3-6,8-12H,2H2;;;;;(H2,1,2,3)(H2,4,5,6);(H2,1,2,3,4)/q;;;;4*+1;;/p-4/t4*3-,4+,5+,6+;;;;;;/m0000....../s1. The first-order valence-electron chi connectivity index (χ1n) is 15.5. The van der Waals surface area contributed by atoms with E-state index in [1.165, 1.54) is 0 Å². The quantitative estimate of drug-likeness (QED) is 0.0207. The number of carbonyl (C=O) groups excluding carboxylic acids is 4. The number of rotatable bonds is 22. The molecule has 42 heteroatoms. The van der Waals surface area contributed by atoms with E-state index in [1.54, 1.807) is 0 Å². The third-order valence-corrected chi connectivity index (χ3v) is 7.48. The fraction of sp³-hybridized carbons (Fsp3) is 0.833. The molecule has 0 aromatic carbocycles. The van der Waals surface area contributed by atoms with Gasteiger partial charge in [-0.2, -0.15) is 8.42 Å². The van der Waals surface area contributed by atoms with Gasteiger partial charge in [0, 0.05) is 0 Å². The zero-order chi connectivity index (χ0) is 51.1. The van der Waals surface area contributed by atoms with E-state index in [0.29, 0.717) is 0 Å². The first-order chi connectivity index (χ1) is 27.9. The number of carbonyl (C=O) groups is 4. The molecular formula is C24H50Na4O35P2S. The van der Waals surface area contributed by atoms with Crippen LogP contribution in [0.4, 0.5) is 0 Å². The summed E-state index contributed by atoms with van der Waals surface area (Å²) in [7, 11) is -16.0. The molecule has 0 heterocycles. The zero-order valence-corrected chi connectivity index (χ0v) is 45.4. The molecule has 35 nitrogen and oxygen atoms in total. The zero-order valence-electron chi connectivity index (χ0n) is 34.8. The SMILES string of the molecule is O=C[C@H](O)[C@@H](O)[C@H](O)[C@H](O)CO.O=C[C@H](O)[C@@H](O)[C@H](O)[C@H](O)CO.O=C[C@H](O)[C@@H](O)[C@H](O)[C@H](O)CO.O=C[C@H](O)[C@@H](O)[C@H](O)[C@H](O)CO.O=P([O-])([O-])OP(=O)([O-])[O-].O=S(=O)(O)O.[Na+].[Na+].[Na+].[Na+]. The fourth-order valence-electron chi connectivity index (χ4n) is 2.59. The monoisotopic (exact) mass is 1080 g/mol. The maximum Gasteiger partial charge on any atom is 1.00 e. The molecule has 22 N–H and O–H groups in total. The summed E-state index contributed by atoms with van der Waals surface area (Å²) in [4.78, 5) is 76.9. The van der Waals surface area contributed by atoms with Gasteiger partial charge in [0.15, 0.2) is 25.1 Å². The number of aliphatic hydroxyl groups is 20. The Labute approximate surface area is 460 Å². The smallest absolute Gasteiger partial charge is 0.790 e. The second-order valence-corrected chi connectivity index (χ2v) is 14.2. The summed E-state index contributed by atoms with van der Waals surface area (Å²) >= 11 is 0. The van der Waals surface area contributed by atoms with Crippen molar-refractivity contribution >= 4 is 51.2 Å². The maximum absolute atomic E-state index is 9.90. The molecule has 0 unspecified atom stereocenters. The molecule has 0 rings (SSSR count). The number of phosphoric acid groups is 2. The van der Waals surface area contributed by atoms with Gasteiger partial charge >= 0.3 is 129 Å². The van der Waals surface area contributed by atoms with Gasteiger partial charge in [-0.15, -0.1) is 0 Å². The van der Waals surface area contributed by atoms with Crippen molar-refractivity contribution in [2.24, 2.45) is 0 Å². The molecule has 0 aliphatic rings. The van der Waals surface area contributed by atoms with E-state index in [2.05, 4.69) is 4.31 Å². The summed E-state index contributed by atoms with van der Waals surface area (Å²) in [6, 6.07) is 0. The minimum atomic E-state index is -5.68. The Hall–Kier alpha value is 2.01. The molecule has 0 saturated carbocycles. The normalized spacial score (nSPS) is 18.1. The van der Waals surface area contributed by atoms with Gasteiger partial charge < -0.3 is 154 Å². The number of aliphatic hydroxyl groups excluding tert-OH is 20. The summed E-state index contributed by atoms with van der Waals surface area (Å²) < 4.78 is 52.7. The van der Waals surface area contributed by atoms with Crippen molar-refractivity contribution in [1.29, 1.82) is 0 Å². The molecule has 0 amide bonds. The average molecular weight is 1080 g/mol. The van der Waals surface area contributed by atoms with Crippen molar-refractivity contribution in [2.75, 3.05) is 26.4 Å². The summed E-state index contributed by atoms with van der Waals surface area (Å²) in [5.41, 5.74) is 0. The van der Waals surface area contributed by atoms with Gasteiger partial charge in [-0.3, -0.25) is 9.11 Å². The summed E-state index contributed by atoms with van der Waals surface area (Å²) in [6.07, 6.45) is -27.4. The van der Waals surface area contributed by atoms with Crippen LogP contribution in [-0.4, -0.2) is 269 Å². The largest absolute Gasteiger partial charge is 1.00 e. The van der Waals surface area contributed by atoms with Gasteiger partial charge in [-0.25, -0.2) is 0 Å². The Kier molecular flexibility index (Phi) is 67.7. The molecule has 0 spiro atoms. The van der Waals surface area contributed by atoms with Crippen molar-refractivity contribution in [3.05, 3.63) is 0 Å². The fourth-order valence-corrected chi connectivity index (χ4v) is 3.57. The van der Waals surface area contributed by atoms with Crippen molar-refractivity contribution < 1.29 is 290 Å². The van der Waals surface area contributed by atoms with Crippen LogP contribution >= 0.6 is 15.6 Å². The topological polar surface area (TPSA) is 683 Å². The molecule has 66 heavy (non-hydrogen) atoms. The van der Waals surface area contributed by atoms with Crippen LogP contribution in [0, 0.1) is 0 Å². The number of aldehydes is 4. The second-order valence-electron chi connectivity index (χ2n) is 10.9. The van der Waals surface area contributed by atoms with Crippen LogP contribution in [0.2, 0.25) is 0 Å². The predicted octanol–water partition coefficient (Wildman–Crippen LogP) is -29.5. The second kappa shape index (κ2) is 49.2. The first kappa shape index (κ1) is 90.7. The van der Waals surface area contributed by atoms with Gasteiger partial charge in [0.1, 0.15) is 97.7 Å². The average Bonchev–Trinajstić information content (AvgIpc) is 3.20. The first-order valence-corrected chi connectivity index (χ1v) is 19.8. The summed E-state index contributed by atoms with van der Waals surface area (Å²) in [5.74, 6) is 0. The number of hydrogen-bond acceptors (Lipinski definition) is 33. The van der Waals surface area contributed by atoms with Gasteiger partial charge in [0.25, 0.3) is 0 Å². The van der Waals surface area contributed by atoms with Crippen LogP contribution in [0.1, 0.15) is 0 Å². The third-order valence-electron chi connectivity index (χ3n) is 5.88. The van der Waals surface area contributed by atoms with E-state index in [0.717, 1.165) is 0 Å². The molecule has 0 radical (unpaired) electrons. The maximum atomic E-state index is 9.90. The van der Waals surface area contributed by atoms with Crippen molar-refractivity contribution in [2.45, 2.75) is 97.7 Å². The Bertz CT molecular complexity index is 1210. The van der Waals surface area contributed by atoms with Crippen LogP contribution in [0.3, 0.4) is 0 Å². The van der Waals surface area contributed by atoms with Gasteiger partial charge in [-0.05, 0) is 0 Å². The van der Waals surface area contributed by atoms with E-state index in [4.69, 9.17) is 120 Å². The van der Waals surface area contributed by atoms with E-state index < -0.39 is 150 Å². The van der Waals surface area contributed by atoms with E-state index in [9.17, 15) is 47.9 Å². The van der Waals surface area contributed by atoms with Crippen molar-refractivity contribution in [3.63, 3.8) is 0 Å². The van der Waals surface area contributed by atoms with Crippen LogP contribution in [-0.2, 0) is 43.0 Å². The van der Waals surface area contributed by atoms with Crippen LogP contribution < -0.4 is 138 Å².